The summed E-state index contributed by atoms with van der Waals surface area (Å²) in [4.78, 5) is 36.6. The van der Waals surface area contributed by atoms with E-state index in [1.54, 1.807) is 0 Å². The van der Waals surface area contributed by atoms with Gasteiger partial charge < -0.3 is 27.9 Å². The minimum absolute atomic E-state index is 0.0567. The van der Waals surface area contributed by atoms with Gasteiger partial charge in [0.25, 0.3) is 7.82 Å². The molecule has 9 nitrogen and oxygen atoms in total. The highest BCUT2D eigenvalue weighted by molar-refractivity contribution is 7.45. The maximum Gasteiger partial charge on any atom is 0.333 e. The molecule has 0 bridgehead atoms. The fourth-order valence-electron chi connectivity index (χ4n) is 4.30. The van der Waals surface area contributed by atoms with E-state index in [4.69, 9.17) is 18.5 Å². The Kier molecular flexibility index (Phi) is 23.9. The third-order valence-corrected chi connectivity index (χ3v) is 8.01. The second kappa shape index (κ2) is 24.8. The third-order valence-electron chi connectivity index (χ3n) is 7.05. The fourth-order valence-corrected chi connectivity index (χ4v) is 5.03. The van der Waals surface area contributed by atoms with Crippen molar-refractivity contribution >= 4 is 19.8 Å². The van der Waals surface area contributed by atoms with Crippen molar-refractivity contribution in [2.45, 2.75) is 129 Å². The molecule has 0 amide bonds. The van der Waals surface area contributed by atoms with Crippen molar-refractivity contribution < 1.29 is 42.1 Å². The van der Waals surface area contributed by atoms with Crippen LogP contribution in [0, 0.1) is 0 Å². The van der Waals surface area contributed by atoms with Gasteiger partial charge in [0, 0.05) is 17.6 Å². The molecule has 0 aromatic rings. The lowest BCUT2D eigenvalue weighted by molar-refractivity contribution is -0.870. The molecular weight excluding hydrogens is 569 g/mol. The number of quaternary nitrogens is 1. The van der Waals surface area contributed by atoms with Gasteiger partial charge >= 0.3 is 11.9 Å². The molecule has 0 aliphatic heterocycles. The zero-order valence-electron chi connectivity index (χ0n) is 28.0. The van der Waals surface area contributed by atoms with Crippen LogP contribution < -0.4 is 4.89 Å². The summed E-state index contributed by atoms with van der Waals surface area (Å²) >= 11 is 0. The number of hydrogen-bond acceptors (Lipinski definition) is 8. The fraction of sp³-hybridized carbons (Fsp3) is 0.818. The highest BCUT2D eigenvalue weighted by Gasteiger charge is 2.23. The SMILES string of the molecule is C=C(C)C(=O)OC(COP(=O)([O-])OCC[N+](C)(C)C)CC(=C)C(=O)OCCCCCCCCCCCCCCCCCC. The number of esters is 2. The normalized spacial score (nSPS) is 13.7. The lowest BCUT2D eigenvalue weighted by Gasteiger charge is -2.28. The smallest absolute Gasteiger partial charge is 0.333 e. The van der Waals surface area contributed by atoms with Crippen molar-refractivity contribution in [2.24, 2.45) is 0 Å². The summed E-state index contributed by atoms with van der Waals surface area (Å²) in [5, 5.41) is 0. The summed E-state index contributed by atoms with van der Waals surface area (Å²) in [5.74, 6) is -1.34. The molecule has 0 N–H and O–H groups in total. The Morgan fingerprint density at radius 1 is 0.744 bits per heavy atom. The van der Waals surface area contributed by atoms with Crippen LogP contribution in [-0.2, 0) is 32.7 Å². The van der Waals surface area contributed by atoms with Crippen LogP contribution in [0.2, 0.25) is 0 Å². The molecule has 43 heavy (non-hydrogen) atoms. The zero-order valence-corrected chi connectivity index (χ0v) is 28.9. The Bertz CT molecular complexity index is 839. The summed E-state index contributed by atoms with van der Waals surface area (Å²) in [7, 11) is 1.07. The van der Waals surface area contributed by atoms with Crippen LogP contribution in [0.3, 0.4) is 0 Å². The molecule has 2 atom stereocenters. The average molecular weight is 632 g/mol. The topological polar surface area (TPSA) is 111 Å². The number of phosphoric acid groups is 1. The third kappa shape index (κ3) is 26.6. The number of carbonyl (C=O) groups is 2. The molecule has 2 unspecified atom stereocenters. The molecule has 0 aliphatic rings. The summed E-state index contributed by atoms with van der Waals surface area (Å²) < 4.78 is 33.1. The van der Waals surface area contributed by atoms with Crippen LogP contribution in [0.15, 0.2) is 24.3 Å². The van der Waals surface area contributed by atoms with Gasteiger partial charge in [-0.15, -0.1) is 0 Å². The summed E-state index contributed by atoms with van der Waals surface area (Å²) in [6.07, 6.45) is 19.0. The molecule has 0 spiro atoms. The lowest BCUT2D eigenvalue weighted by atomic mass is 10.0. The molecule has 0 aliphatic carbocycles. The number of phosphoric ester groups is 1. The summed E-state index contributed by atoms with van der Waals surface area (Å²) in [5.41, 5.74) is 0.192. The number of unbranched alkanes of at least 4 members (excludes halogenated alkanes) is 15. The van der Waals surface area contributed by atoms with Gasteiger partial charge in [-0.2, -0.15) is 0 Å². The molecule has 0 aromatic heterocycles. The highest BCUT2D eigenvalue weighted by Crippen LogP contribution is 2.38. The summed E-state index contributed by atoms with van der Waals surface area (Å²) in [6, 6.07) is 0. The number of carbonyl (C=O) groups excluding carboxylic acids is 2. The van der Waals surface area contributed by atoms with E-state index in [0.717, 1.165) is 19.3 Å². The Labute approximate surface area is 262 Å². The van der Waals surface area contributed by atoms with Crippen molar-refractivity contribution in [1.29, 1.82) is 0 Å². The Morgan fingerprint density at radius 3 is 1.65 bits per heavy atom. The van der Waals surface area contributed by atoms with E-state index in [1.807, 2.05) is 21.1 Å². The highest BCUT2D eigenvalue weighted by atomic mass is 31.2. The quantitative estimate of drug-likeness (QED) is 0.0275. The number of likely N-dealkylation sites (N-methyl/N-ethyl adjacent to an activating group) is 1. The van der Waals surface area contributed by atoms with Gasteiger partial charge in [-0.3, -0.25) is 4.57 Å². The minimum Gasteiger partial charge on any atom is -0.756 e. The van der Waals surface area contributed by atoms with E-state index in [9.17, 15) is 19.0 Å². The molecule has 0 saturated carbocycles. The number of nitrogens with zero attached hydrogens (tertiary/aromatic N) is 1. The second-order valence-electron chi connectivity index (χ2n) is 12.6. The number of hydrogen-bond donors (Lipinski definition) is 0. The van der Waals surface area contributed by atoms with Crippen molar-refractivity contribution in [2.75, 3.05) is 47.5 Å². The van der Waals surface area contributed by atoms with Crippen molar-refractivity contribution in [3.8, 4) is 0 Å². The zero-order chi connectivity index (χ0) is 32.6. The first-order valence-corrected chi connectivity index (χ1v) is 17.9. The Morgan fingerprint density at radius 2 is 1.21 bits per heavy atom. The maximum atomic E-state index is 12.4. The minimum atomic E-state index is -4.63. The Balaban J connectivity index is 4.16. The molecule has 252 valence electrons. The first kappa shape index (κ1) is 41.5. The van der Waals surface area contributed by atoms with Crippen LogP contribution in [-0.4, -0.2) is 70.0 Å². The van der Waals surface area contributed by atoms with Gasteiger partial charge in [0.2, 0.25) is 0 Å². The maximum absolute atomic E-state index is 12.4. The average Bonchev–Trinajstić information content (AvgIpc) is 2.92. The largest absolute Gasteiger partial charge is 0.756 e. The summed E-state index contributed by atoms with van der Waals surface area (Å²) in [6.45, 7) is 11.1. The molecule has 0 rings (SSSR count). The van der Waals surface area contributed by atoms with Crippen molar-refractivity contribution in [3.63, 3.8) is 0 Å². The number of ether oxygens (including phenoxy) is 2. The van der Waals surface area contributed by atoms with E-state index in [1.165, 1.54) is 90.4 Å². The standard InChI is InChI=1S/C33H62NO8P/c1-8-9-10-11-12-13-14-15-16-17-18-19-20-21-22-23-25-39-33(36)30(4)27-31(42-32(35)29(2)3)28-41-43(37,38)40-26-24-34(5,6)7/h31H,2,4,8-28H2,1,3,5-7H3. The predicted molar refractivity (Wildman–Crippen MR) is 171 cm³/mol. The van der Waals surface area contributed by atoms with E-state index in [-0.39, 0.29) is 30.8 Å². The van der Waals surface area contributed by atoms with Gasteiger partial charge in [0.05, 0.1) is 34.4 Å². The second-order valence-corrected chi connectivity index (χ2v) is 14.1. The van der Waals surface area contributed by atoms with Gasteiger partial charge in [-0.05, 0) is 13.3 Å². The van der Waals surface area contributed by atoms with Gasteiger partial charge in [0.1, 0.15) is 19.3 Å². The van der Waals surface area contributed by atoms with Crippen molar-refractivity contribution in [3.05, 3.63) is 24.3 Å². The first-order chi connectivity index (χ1) is 20.3. The van der Waals surface area contributed by atoms with Gasteiger partial charge in [-0.25, -0.2) is 9.59 Å². The lowest BCUT2D eigenvalue weighted by Crippen LogP contribution is -2.37. The molecule has 0 saturated heterocycles. The van der Waals surface area contributed by atoms with Crippen LogP contribution in [0.1, 0.15) is 123 Å². The van der Waals surface area contributed by atoms with Gasteiger partial charge in [0.15, 0.2) is 0 Å². The van der Waals surface area contributed by atoms with Crippen LogP contribution in [0.25, 0.3) is 0 Å². The van der Waals surface area contributed by atoms with Gasteiger partial charge in [-0.1, -0.05) is 116 Å². The molecule has 0 fully saturated rings. The van der Waals surface area contributed by atoms with Crippen LogP contribution >= 0.6 is 7.82 Å². The predicted octanol–water partition coefficient (Wildman–Crippen LogP) is 7.43. The molecule has 0 heterocycles. The molecule has 0 radical (unpaired) electrons. The number of rotatable bonds is 29. The Hall–Kier alpha value is -1.51. The van der Waals surface area contributed by atoms with E-state index < -0.39 is 32.5 Å². The van der Waals surface area contributed by atoms with E-state index in [0.29, 0.717) is 11.0 Å². The molecule has 10 heteroatoms. The molecular formula is C33H62NO8P. The van der Waals surface area contributed by atoms with Crippen LogP contribution in [0.4, 0.5) is 0 Å². The first-order valence-electron chi connectivity index (χ1n) is 16.4. The van der Waals surface area contributed by atoms with E-state index >= 15 is 0 Å². The van der Waals surface area contributed by atoms with Crippen molar-refractivity contribution in [1.82, 2.24) is 0 Å². The van der Waals surface area contributed by atoms with Crippen LogP contribution in [0.5, 0.6) is 0 Å². The molecule has 0 aromatic carbocycles. The van der Waals surface area contributed by atoms with E-state index in [2.05, 4.69) is 20.1 Å². The monoisotopic (exact) mass is 631 g/mol.